The number of halogens is 1. The zero-order valence-corrected chi connectivity index (χ0v) is 13.2. The van der Waals surface area contributed by atoms with Crippen molar-refractivity contribution in [3.05, 3.63) is 28.5 Å². The van der Waals surface area contributed by atoms with Gasteiger partial charge in [-0.2, -0.15) is 0 Å². The molecule has 0 spiro atoms. The van der Waals surface area contributed by atoms with Gasteiger partial charge >= 0.3 is 0 Å². The molecule has 4 heteroatoms. The monoisotopic (exact) mass is 313 g/mol. The Balaban J connectivity index is 2.05. The van der Waals surface area contributed by atoms with Gasteiger partial charge < -0.3 is 10.2 Å². The molecule has 1 rings (SSSR count). The maximum absolute atomic E-state index is 4.15. The van der Waals surface area contributed by atoms with Crippen LogP contribution in [0.5, 0.6) is 0 Å². The molecule has 0 atom stereocenters. The van der Waals surface area contributed by atoms with E-state index in [0.29, 0.717) is 6.04 Å². The second-order valence-corrected chi connectivity index (χ2v) is 5.89. The van der Waals surface area contributed by atoms with E-state index in [-0.39, 0.29) is 0 Å². The Bertz CT molecular complexity index is 342. The third-order valence-corrected chi connectivity index (χ3v) is 3.52. The van der Waals surface area contributed by atoms with E-state index in [1.165, 1.54) is 24.9 Å². The summed E-state index contributed by atoms with van der Waals surface area (Å²) in [6.07, 6.45) is 6.19. The Morgan fingerprint density at radius 2 is 2.11 bits per heavy atom. The van der Waals surface area contributed by atoms with Crippen molar-refractivity contribution in [3.63, 3.8) is 0 Å². The topological polar surface area (TPSA) is 28.2 Å². The van der Waals surface area contributed by atoms with Gasteiger partial charge in [0.05, 0.1) is 0 Å². The number of unbranched alkanes of at least 4 members (excludes halogenated alkanes) is 1. The molecule has 3 nitrogen and oxygen atoms in total. The second-order valence-electron chi connectivity index (χ2n) is 4.97. The molecule has 0 saturated carbocycles. The van der Waals surface area contributed by atoms with E-state index in [1.54, 1.807) is 0 Å². The van der Waals surface area contributed by atoms with Crippen molar-refractivity contribution in [1.29, 1.82) is 0 Å². The van der Waals surface area contributed by atoms with Crippen molar-refractivity contribution >= 4 is 15.9 Å². The van der Waals surface area contributed by atoms with Crippen LogP contribution in [0.25, 0.3) is 0 Å². The van der Waals surface area contributed by atoms with Crippen LogP contribution in [0.1, 0.15) is 32.3 Å². The molecule has 102 valence electrons. The molecule has 0 unspecified atom stereocenters. The van der Waals surface area contributed by atoms with E-state index in [2.05, 4.69) is 58.1 Å². The quantitative estimate of drug-likeness (QED) is 0.748. The first kappa shape index (κ1) is 15.6. The molecule has 1 aromatic rings. The predicted octanol–water partition coefficient (Wildman–Crippen LogP) is 3.05. The van der Waals surface area contributed by atoms with Gasteiger partial charge in [-0.3, -0.25) is 4.98 Å². The zero-order chi connectivity index (χ0) is 13.4. The number of pyridine rings is 1. The molecule has 18 heavy (non-hydrogen) atoms. The van der Waals surface area contributed by atoms with Crippen LogP contribution in [-0.4, -0.2) is 36.1 Å². The van der Waals surface area contributed by atoms with Gasteiger partial charge in [-0.1, -0.05) is 0 Å². The Labute approximate surface area is 119 Å². The van der Waals surface area contributed by atoms with Gasteiger partial charge in [0.25, 0.3) is 0 Å². The highest BCUT2D eigenvalue weighted by Crippen LogP contribution is 2.09. The van der Waals surface area contributed by atoms with E-state index in [4.69, 9.17) is 0 Å². The molecule has 1 heterocycles. The fraction of sp³-hybridized carbons (Fsp3) is 0.643. The van der Waals surface area contributed by atoms with Gasteiger partial charge in [0.2, 0.25) is 0 Å². The summed E-state index contributed by atoms with van der Waals surface area (Å²) < 4.78 is 1.04. The smallest absolute Gasteiger partial charge is 0.0410 e. The van der Waals surface area contributed by atoms with Gasteiger partial charge in [-0.15, -0.1) is 0 Å². The van der Waals surface area contributed by atoms with Crippen LogP contribution in [0.2, 0.25) is 0 Å². The maximum Gasteiger partial charge on any atom is 0.0410 e. The molecule has 0 amide bonds. The van der Waals surface area contributed by atoms with Gasteiger partial charge in [-0.25, -0.2) is 0 Å². The average Bonchev–Trinajstić information content (AvgIpc) is 2.33. The molecule has 0 aliphatic carbocycles. The van der Waals surface area contributed by atoms with Crippen molar-refractivity contribution < 1.29 is 0 Å². The summed E-state index contributed by atoms with van der Waals surface area (Å²) in [7, 11) is 2.19. The minimum atomic E-state index is 0.644. The van der Waals surface area contributed by atoms with Crippen LogP contribution in [0.4, 0.5) is 0 Å². The molecule has 0 radical (unpaired) electrons. The van der Waals surface area contributed by atoms with Gasteiger partial charge in [-0.05, 0) is 74.4 Å². The maximum atomic E-state index is 4.15. The highest BCUT2D eigenvalue weighted by molar-refractivity contribution is 9.10. The SMILES string of the molecule is CC(C)N(C)CCCCNCc1cncc(Br)c1. The van der Waals surface area contributed by atoms with Gasteiger partial charge in [0.1, 0.15) is 0 Å². The third-order valence-electron chi connectivity index (χ3n) is 3.09. The Morgan fingerprint density at radius 3 is 2.78 bits per heavy atom. The summed E-state index contributed by atoms with van der Waals surface area (Å²) in [5.74, 6) is 0. The highest BCUT2D eigenvalue weighted by Gasteiger charge is 2.01. The molecule has 0 aliphatic heterocycles. The van der Waals surface area contributed by atoms with Gasteiger partial charge in [0, 0.05) is 29.5 Å². The highest BCUT2D eigenvalue weighted by atomic mass is 79.9. The fourth-order valence-corrected chi connectivity index (χ4v) is 2.07. The van der Waals surface area contributed by atoms with E-state index in [0.717, 1.165) is 17.6 Å². The normalized spacial score (nSPS) is 11.4. The predicted molar refractivity (Wildman–Crippen MR) is 80.6 cm³/mol. The Morgan fingerprint density at radius 1 is 1.33 bits per heavy atom. The average molecular weight is 314 g/mol. The summed E-state index contributed by atoms with van der Waals surface area (Å²) >= 11 is 3.43. The second kappa shape index (κ2) is 8.62. The molecule has 0 saturated heterocycles. The van der Waals surface area contributed by atoms with Crippen molar-refractivity contribution in [2.24, 2.45) is 0 Å². The van der Waals surface area contributed by atoms with Crippen LogP contribution in [0, 0.1) is 0 Å². The molecule has 1 N–H and O–H groups in total. The number of nitrogens with zero attached hydrogens (tertiary/aromatic N) is 2. The summed E-state index contributed by atoms with van der Waals surface area (Å²) in [6, 6.07) is 2.75. The molecule has 1 aromatic heterocycles. The Kier molecular flexibility index (Phi) is 7.47. The number of rotatable bonds is 8. The minimum Gasteiger partial charge on any atom is -0.313 e. The lowest BCUT2D eigenvalue weighted by Crippen LogP contribution is -2.27. The van der Waals surface area contributed by atoms with Gasteiger partial charge in [0.15, 0.2) is 0 Å². The summed E-state index contributed by atoms with van der Waals surface area (Å²) in [4.78, 5) is 6.54. The Hall–Kier alpha value is -0.450. The first-order valence-corrected chi connectivity index (χ1v) is 7.39. The van der Waals surface area contributed by atoms with Crippen LogP contribution in [0.15, 0.2) is 22.9 Å². The molecule has 0 aromatic carbocycles. The minimum absolute atomic E-state index is 0.644. The summed E-state index contributed by atoms with van der Waals surface area (Å²) in [6.45, 7) is 7.61. The standard InChI is InChI=1S/C14H24BrN3/c1-12(2)18(3)7-5-4-6-16-9-13-8-14(15)11-17-10-13/h8,10-12,16H,4-7,9H2,1-3H3. The molecular weight excluding hydrogens is 290 g/mol. The zero-order valence-electron chi connectivity index (χ0n) is 11.6. The lowest BCUT2D eigenvalue weighted by atomic mass is 10.2. The third kappa shape index (κ3) is 6.47. The van der Waals surface area contributed by atoms with E-state index >= 15 is 0 Å². The summed E-state index contributed by atoms with van der Waals surface area (Å²) in [5, 5.41) is 3.45. The van der Waals surface area contributed by atoms with Crippen molar-refractivity contribution in [3.8, 4) is 0 Å². The molecule has 0 aliphatic rings. The summed E-state index contributed by atoms with van der Waals surface area (Å²) in [5.41, 5.74) is 1.23. The molecule has 0 bridgehead atoms. The number of hydrogen-bond acceptors (Lipinski definition) is 3. The van der Waals surface area contributed by atoms with Crippen LogP contribution < -0.4 is 5.32 Å². The van der Waals surface area contributed by atoms with Crippen LogP contribution >= 0.6 is 15.9 Å². The van der Waals surface area contributed by atoms with Crippen molar-refractivity contribution in [1.82, 2.24) is 15.2 Å². The number of nitrogens with one attached hydrogen (secondary N) is 1. The van der Waals surface area contributed by atoms with Crippen LogP contribution in [0.3, 0.4) is 0 Å². The van der Waals surface area contributed by atoms with Crippen molar-refractivity contribution in [2.75, 3.05) is 20.1 Å². The lowest BCUT2D eigenvalue weighted by molar-refractivity contribution is 0.268. The number of hydrogen-bond donors (Lipinski definition) is 1. The van der Waals surface area contributed by atoms with Crippen LogP contribution in [-0.2, 0) is 6.54 Å². The van der Waals surface area contributed by atoms with E-state index in [1.807, 2.05) is 12.4 Å². The number of aromatic nitrogens is 1. The first-order chi connectivity index (χ1) is 8.59. The van der Waals surface area contributed by atoms with E-state index < -0.39 is 0 Å². The largest absolute Gasteiger partial charge is 0.313 e. The first-order valence-electron chi connectivity index (χ1n) is 6.60. The lowest BCUT2D eigenvalue weighted by Gasteiger charge is -2.20. The molecular formula is C14H24BrN3. The fourth-order valence-electron chi connectivity index (χ4n) is 1.65. The van der Waals surface area contributed by atoms with Crippen molar-refractivity contribution in [2.45, 2.75) is 39.3 Å². The molecule has 0 fully saturated rings. The van der Waals surface area contributed by atoms with E-state index in [9.17, 15) is 0 Å².